The number of hydrogen-bond donors (Lipinski definition) is 0. The van der Waals surface area contributed by atoms with E-state index in [1.807, 2.05) is 31.2 Å². The predicted molar refractivity (Wildman–Crippen MR) is 50.6 cm³/mol. The summed E-state index contributed by atoms with van der Waals surface area (Å²) in [6.45, 7) is 3.65. The molecule has 0 bridgehead atoms. The predicted octanol–water partition coefficient (Wildman–Crippen LogP) is -0.407. The average Bonchev–Trinajstić information content (AvgIpc) is 2.15. The molecule has 0 N–H and O–H groups in total. The molecule has 0 amide bonds. The SMILES string of the molecule is CC[N-]Cc1ccccc1OC.[Li+]. The van der Waals surface area contributed by atoms with Crippen LogP contribution in [-0.2, 0) is 6.54 Å². The molecule has 0 aliphatic carbocycles. The van der Waals surface area contributed by atoms with E-state index in [1.54, 1.807) is 7.11 Å². The van der Waals surface area contributed by atoms with E-state index in [1.165, 1.54) is 0 Å². The van der Waals surface area contributed by atoms with E-state index in [-0.39, 0.29) is 18.9 Å². The van der Waals surface area contributed by atoms with Crippen molar-refractivity contribution in [1.82, 2.24) is 0 Å². The van der Waals surface area contributed by atoms with Gasteiger partial charge in [0.2, 0.25) is 0 Å². The minimum Gasteiger partial charge on any atom is -0.659 e. The summed E-state index contributed by atoms with van der Waals surface area (Å²) in [4.78, 5) is 0. The molecule has 0 atom stereocenters. The van der Waals surface area contributed by atoms with Gasteiger partial charge in [-0.2, -0.15) is 6.54 Å². The van der Waals surface area contributed by atoms with Gasteiger partial charge in [0, 0.05) is 0 Å². The fourth-order valence-electron chi connectivity index (χ4n) is 1.07. The normalized spacial score (nSPS) is 9.08. The van der Waals surface area contributed by atoms with Crippen LogP contribution >= 0.6 is 0 Å². The first-order chi connectivity index (χ1) is 5.88. The quantitative estimate of drug-likeness (QED) is 0.565. The van der Waals surface area contributed by atoms with Gasteiger partial charge >= 0.3 is 18.9 Å². The summed E-state index contributed by atoms with van der Waals surface area (Å²) < 4.78 is 5.18. The zero-order chi connectivity index (χ0) is 8.81. The summed E-state index contributed by atoms with van der Waals surface area (Å²) in [5.74, 6) is 0.926. The smallest absolute Gasteiger partial charge is 0.659 e. The summed E-state index contributed by atoms with van der Waals surface area (Å²) in [6, 6.07) is 7.97. The van der Waals surface area contributed by atoms with E-state index in [0.717, 1.165) is 24.4 Å². The minimum absolute atomic E-state index is 0. The van der Waals surface area contributed by atoms with Gasteiger partial charge in [-0.25, -0.2) is 0 Å². The van der Waals surface area contributed by atoms with Crippen LogP contribution in [0.2, 0.25) is 0 Å². The zero-order valence-corrected chi connectivity index (χ0v) is 8.58. The molecule has 0 spiro atoms. The molecule has 1 aromatic rings. The van der Waals surface area contributed by atoms with Crippen molar-refractivity contribution in [1.29, 1.82) is 0 Å². The third-order valence-corrected chi connectivity index (χ3v) is 1.70. The van der Waals surface area contributed by atoms with E-state index in [0.29, 0.717) is 0 Å². The Morgan fingerprint density at radius 1 is 1.31 bits per heavy atom. The Morgan fingerprint density at radius 2 is 2.00 bits per heavy atom. The molecule has 1 rings (SSSR count). The van der Waals surface area contributed by atoms with Crippen LogP contribution in [0.15, 0.2) is 24.3 Å². The second-order valence-electron chi connectivity index (χ2n) is 2.51. The molecule has 0 saturated carbocycles. The van der Waals surface area contributed by atoms with Crippen molar-refractivity contribution < 1.29 is 23.6 Å². The fourth-order valence-corrected chi connectivity index (χ4v) is 1.07. The summed E-state index contributed by atoms with van der Waals surface area (Å²) >= 11 is 0. The number of rotatable bonds is 4. The molecule has 3 heteroatoms. The van der Waals surface area contributed by atoms with Crippen LogP contribution in [0.5, 0.6) is 5.75 Å². The second-order valence-corrected chi connectivity index (χ2v) is 2.51. The Bertz CT molecular complexity index is 240. The van der Waals surface area contributed by atoms with Gasteiger partial charge in [-0.05, 0) is 11.6 Å². The third-order valence-electron chi connectivity index (χ3n) is 1.70. The summed E-state index contributed by atoms with van der Waals surface area (Å²) in [7, 11) is 1.69. The Kier molecular flexibility index (Phi) is 6.80. The van der Waals surface area contributed by atoms with Crippen molar-refractivity contribution in [3.8, 4) is 5.75 Å². The molecule has 0 aliphatic heterocycles. The molecule has 0 saturated heterocycles. The molecule has 1 aromatic carbocycles. The number of ether oxygens (including phenoxy) is 1. The second kappa shape index (κ2) is 7.03. The van der Waals surface area contributed by atoms with Crippen molar-refractivity contribution in [3.63, 3.8) is 0 Å². The molecule has 0 unspecified atom stereocenters. The largest absolute Gasteiger partial charge is 1.00 e. The van der Waals surface area contributed by atoms with Crippen molar-refractivity contribution in [2.24, 2.45) is 0 Å². The fraction of sp³-hybridized carbons (Fsp3) is 0.400. The van der Waals surface area contributed by atoms with Crippen molar-refractivity contribution >= 4 is 0 Å². The molecule has 0 fully saturated rings. The molecular weight excluding hydrogens is 157 g/mol. The first-order valence-electron chi connectivity index (χ1n) is 4.13. The first kappa shape index (κ1) is 12.6. The Balaban J connectivity index is 0.00000144. The van der Waals surface area contributed by atoms with Crippen LogP contribution in [0, 0.1) is 0 Å². The van der Waals surface area contributed by atoms with Crippen molar-refractivity contribution in [2.75, 3.05) is 13.7 Å². The Hall–Kier alpha value is -0.423. The molecular formula is C10H14LiNO. The van der Waals surface area contributed by atoms with E-state index >= 15 is 0 Å². The zero-order valence-electron chi connectivity index (χ0n) is 8.58. The Labute approximate surface area is 91.9 Å². The number of nitrogens with zero attached hydrogens (tertiary/aromatic N) is 1. The van der Waals surface area contributed by atoms with Gasteiger partial charge in [0.05, 0.1) is 7.11 Å². The van der Waals surface area contributed by atoms with Gasteiger partial charge in [-0.15, -0.1) is 6.54 Å². The number of benzene rings is 1. The van der Waals surface area contributed by atoms with Gasteiger partial charge < -0.3 is 10.1 Å². The summed E-state index contributed by atoms with van der Waals surface area (Å²) in [5.41, 5.74) is 1.15. The maximum atomic E-state index is 5.18. The number of methoxy groups -OCH3 is 1. The third kappa shape index (κ3) is 3.86. The maximum absolute atomic E-state index is 5.18. The number of para-hydroxylation sites is 1. The molecule has 66 valence electrons. The van der Waals surface area contributed by atoms with Crippen LogP contribution in [0.4, 0.5) is 0 Å². The van der Waals surface area contributed by atoms with Crippen molar-refractivity contribution in [2.45, 2.75) is 13.5 Å². The van der Waals surface area contributed by atoms with E-state index in [2.05, 4.69) is 5.32 Å². The summed E-state index contributed by atoms with van der Waals surface area (Å²) in [5, 5.41) is 4.27. The van der Waals surface area contributed by atoms with Gasteiger partial charge in [0.1, 0.15) is 5.75 Å². The van der Waals surface area contributed by atoms with Crippen molar-refractivity contribution in [3.05, 3.63) is 35.1 Å². The molecule has 0 aliphatic rings. The van der Waals surface area contributed by atoms with Crippen LogP contribution in [0.1, 0.15) is 12.5 Å². The molecule has 0 aromatic heterocycles. The van der Waals surface area contributed by atoms with Gasteiger partial charge in [-0.1, -0.05) is 25.1 Å². The minimum atomic E-state index is 0. The van der Waals surface area contributed by atoms with Crippen LogP contribution in [0.3, 0.4) is 0 Å². The van der Waals surface area contributed by atoms with Gasteiger partial charge in [0.15, 0.2) is 0 Å². The van der Waals surface area contributed by atoms with E-state index < -0.39 is 0 Å². The van der Waals surface area contributed by atoms with E-state index in [9.17, 15) is 0 Å². The summed E-state index contributed by atoms with van der Waals surface area (Å²) in [6.07, 6.45) is 0. The first-order valence-corrected chi connectivity index (χ1v) is 4.13. The van der Waals surface area contributed by atoms with Crippen LogP contribution < -0.4 is 23.6 Å². The van der Waals surface area contributed by atoms with Gasteiger partial charge in [0.25, 0.3) is 0 Å². The molecule has 2 nitrogen and oxygen atoms in total. The number of hydrogen-bond acceptors (Lipinski definition) is 1. The van der Waals surface area contributed by atoms with Crippen LogP contribution in [-0.4, -0.2) is 13.7 Å². The van der Waals surface area contributed by atoms with Gasteiger partial charge in [-0.3, -0.25) is 0 Å². The molecule has 13 heavy (non-hydrogen) atoms. The van der Waals surface area contributed by atoms with Crippen LogP contribution in [0.25, 0.3) is 5.32 Å². The average molecular weight is 171 g/mol. The molecule has 0 heterocycles. The molecule has 0 radical (unpaired) electrons. The van der Waals surface area contributed by atoms with E-state index in [4.69, 9.17) is 4.74 Å². The standard InChI is InChI=1S/C10H14NO.Li/c1-3-11-8-9-6-4-5-7-10(9)12-2;/h4-7H,3,8H2,1-2H3;/q-1;+1. The Morgan fingerprint density at radius 3 is 2.62 bits per heavy atom. The maximum Gasteiger partial charge on any atom is 1.00 e. The monoisotopic (exact) mass is 171 g/mol. The topological polar surface area (TPSA) is 23.3 Å².